The molecule has 5 heteroatoms. The van der Waals surface area contributed by atoms with Crippen molar-refractivity contribution in [1.29, 1.82) is 0 Å². The van der Waals surface area contributed by atoms with Crippen LogP contribution < -0.4 is 5.73 Å². The first kappa shape index (κ1) is 9.06. The van der Waals surface area contributed by atoms with Gasteiger partial charge in [-0.05, 0) is 25.3 Å². The lowest BCUT2D eigenvalue weighted by molar-refractivity contribution is -0.0389. The maximum absolute atomic E-state index is 10.2. The zero-order valence-electron chi connectivity index (χ0n) is 8.10. The lowest BCUT2D eigenvalue weighted by Crippen LogP contribution is -2.33. The number of thiazole rings is 1. The Balaban J connectivity index is 2.13. The van der Waals surface area contributed by atoms with Gasteiger partial charge in [-0.3, -0.25) is 0 Å². The quantitative estimate of drug-likeness (QED) is 0.768. The minimum atomic E-state index is -0.653. The highest BCUT2D eigenvalue weighted by atomic mass is 32.1. The summed E-state index contributed by atoms with van der Waals surface area (Å²) in [6.07, 6.45) is 4.45. The monoisotopic (exact) mass is 221 g/mol. The predicted molar refractivity (Wildman–Crippen MR) is 59.6 cm³/mol. The molecule has 0 amide bonds. The molecule has 1 saturated carbocycles. The van der Waals surface area contributed by atoms with Crippen LogP contribution in [0.2, 0.25) is 0 Å². The van der Waals surface area contributed by atoms with Crippen LogP contribution in [-0.2, 0) is 5.60 Å². The maximum Gasteiger partial charge on any atom is 0.182 e. The van der Waals surface area contributed by atoms with Gasteiger partial charge >= 0.3 is 0 Å². The number of hydrogen-bond donors (Lipinski definition) is 2. The van der Waals surface area contributed by atoms with Crippen LogP contribution in [0.15, 0.2) is 12.3 Å². The highest BCUT2D eigenvalue weighted by Gasteiger charge is 2.36. The van der Waals surface area contributed by atoms with Crippen LogP contribution in [0.3, 0.4) is 0 Å². The fourth-order valence-corrected chi connectivity index (χ4v) is 2.62. The van der Waals surface area contributed by atoms with Crippen LogP contribution in [-0.4, -0.2) is 15.1 Å². The second-order valence-electron chi connectivity index (χ2n) is 3.98. The average Bonchev–Trinajstić information content (AvgIpc) is 2.53. The Hall–Kier alpha value is -1.20. The summed E-state index contributed by atoms with van der Waals surface area (Å²) in [5.41, 5.74) is 6.51. The van der Waals surface area contributed by atoms with Crippen LogP contribution in [0.25, 0.3) is 10.3 Å². The zero-order valence-corrected chi connectivity index (χ0v) is 8.92. The number of fused-ring (bicyclic) bond motifs is 1. The predicted octanol–water partition coefficient (Wildman–Crippen LogP) is 1.64. The van der Waals surface area contributed by atoms with Gasteiger partial charge in [-0.15, -0.1) is 0 Å². The maximum atomic E-state index is 10.2. The molecule has 1 fully saturated rings. The van der Waals surface area contributed by atoms with E-state index in [2.05, 4.69) is 9.97 Å². The van der Waals surface area contributed by atoms with Crippen molar-refractivity contribution in [1.82, 2.24) is 9.97 Å². The molecule has 0 spiro atoms. The van der Waals surface area contributed by atoms with Gasteiger partial charge < -0.3 is 10.8 Å². The van der Waals surface area contributed by atoms with Gasteiger partial charge in [-0.25, -0.2) is 9.97 Å². The molecule has 78 valence electrons. The summed E-state index contributed by atoms with van der Waals surface area (Å²) in [5.74, 6) is 0. The summed E-state index contributed by atoms with van der Waals surface area (Å²) in [6, 6.07) is 1.95. The Morgan fingerprint density at radius 2 is 2.27 bits per heavy atom. The summed E-state index contributed by atoms with van der Waals surface area (Å²) in [4.78, 5) is 8.29. The van der Waals surface area contributed by atoms with Gasteiger partial charge in [0.25, 0.3) is 0 Å². The van der Waals surface area contributed by atoms with Crippen molar-refractivity contribution in [2.45, 2.75) is 24.9 Å². The van der Waals surface area contributed by atoms with E-state index in [0.717, 1.165) is 29.5 Å². The highest BCUT2D eigenvalue weighted by Crippen LogP contribution is 2.41. The van der Waals surface area contributed by atoms with Gasteiger partial charge in [-0.1, -0.05) is 11.3 Å². The van der Waals surface area contributed by atoms with Gasteiger partial charge in [0, 0.05) is 11.8 Å². The summed E-state index contributed by atoms with van der Waals surface area (Å²) in [5, 5.41) is 10.7. The molecular formula is C10H11N3OS. The first-order valence-electron chi connectivity index (χ1n) is 4.92. The van der Waals surface area contributed by atoms with E-state index >= 15 is 0 Å². The topological polar surface area (TPSA) is 72.0 Å². The molecule has 4 nitrogen and oxygen atoms in total. The number of hydrogen-bond acceptors (Lipinski definition) is 5. The molecular weight excluding hydrogens is 210 g/mol. The Labute approximate surface area is 90.8 Å². The average molecular weight is 221 g/mol. The van der Waals surface area contributed by atoms with E-state index in [-0.39, 0.29) is 0 Å². The molecule has 0 aromatic carbocycles. The summed E-state index contributed by atoms with van der Waals surface area (Å²) in [6.45, 7) is 0. The van der Waals surface area contributed by atoms with E-state index in [1.54, 1.807) is 6.20 Å². The van der Waals surface area contributed by atoms with Crippen molar-refractivity contribution in [3.8, 4) is 0 Å². The molecule has 2 aromatic rings. The second kappa shape index (κ2) is 2.90. The summed E-state index contributed by atoms with van der Waals surface area (Å²) in [7, 11) is 0. The van der Waals surface area contributed by atoms with E-state index in [1.165, 1.54) is 11.3 Å². The fourth-order valence-electron chi connectivity index (χ4n) is 1.89. The van der Waals surface area contributed by atoms with Crippen molar-refractivity contribution in [3.63, 3.8) is 0 Å². The summed E-state index contributed by atoms with van der Waals surface area (Å²) >= 11 is 1.41. The highest BCUT2D eigenvalue weighted by molar-refractivity contribution is 7.22. The van der Waals surface area contributed by atoms with Crippen LogP contribution in [0.5, 0.6) is 0 Å². The fraction of sp³-hybridized carbons (Fsp3) is 0.400. The van der Waals surface area contributed by atoms with E-state index in [9.17, 15) is 5.11 Å². The number of anilines is 1. The van der Waals surface area contributed by atoms with Gasteiger partial charge in [0.15, 0.2) is 10.8 Å². The number of nitrogens with two attached hydrogens (primary N) is 1. The number of pyridine rings is 1. The van der Waals surface area contributed by atoms with E-state index in [1.807, 2.05) is 6.07 Å². The molecule has 0 atom stereocenters. The third-order valence-corrected chi connectivity index (χ3v) is 3.80. The molecule has 2 aromatic heterocycles. The van der Waals surface area contributed by atoms with Gasteiger partial charge in [0.2, 0.25) is 0 Å². The molecule has 0 bridgehead atoms. The first-order valence-corrected chi connectivity index (χ1v) is 5.74. The molecule has 1 aliphatic carbocycles. The van der Waals surface area contributed by atoms with Crippen molar-refractivity contribution < 1.29 is 5.11 Å². The normalized spacial score (nSPS) is 19.0. The molecule has 2 heterocycles. The molecule has 0 unspecified atom stereocenters. The number of rotatable bonds is 1. The molecule has 0 radical (unpaired) electrons. The van der Waals surface area contributed by atoms with Crippen molar-refractivity contribution in [3.05, 3.63) is 17.8 Å². The number of aliphatic hydroxyl groups is 1. The van der Waals surface area contributed by atoms with Crippen LogP contribution in [0.4, 0.5) is 5.13 Å². The lowest BCUT2D eigenvalue weighted by Gasteiger charge is -2.36. The lowest BCUT2D eigenvalue weighted by atomic mass is 9.76. The molecule has 1 aliphatic rings. The zero-order chi connectivity index (χ0) is 10.5. The Morgan fingerprint density at radius 3 is 2.93 bits per heavy atom. The van der Waals surface area contributed by atoms with E-state index < -0.39 is 5.60 Å². The summed E-state index contributed by atoms with van der Waals surface area (Å²) < 4.78 is 0.949. The molecule has 15 heavy (non-hydrogen) atoms. The van der Waals surface area contributed by atoms with Gasteiger partial charge in [0.1, 0.15) is 0 Å². The number of aromatic nitrogens is 2. The second-order valence-corrected chi connectivity index (χ2v) is 5.05. The SMILES string of the molecule is Nc1nc2ncc(C3(O)CCC3)cc2s1. The Morgan fingerprint density at radius 1 is 1.47 bits per heavy atom. The van der Waals surface area contributed by atoms with Crippen LogP contribution in [0.1, 0.15) is 24.8 Å². The van der Waals surface area contributed by atoms with Crippen molar-refractivity contribution >= 4 is 26.8 Å². The van der Waals surface area contributed by atoms with E-state index in [0.29, 0.717) is 10.8 Å². The third-order valence-electron chi connectivity index (χ3n) is 2.98. The Kier molecular flexibility index (Phi) is 1.75. The van der Waals surface area contributed by atoms with Crippen molar-refractivity contribution in [2.24, 2.45) is 0 Å². The molecule has 3 rings (SSSR count). The largest absolute Gasteiger partial charge is 0.385 e. The van der Waals surface area contributed by atoms with Crippen molar-refractivity contribution in [2.75, 3.05) is 5.73 Å². The first-order chi connectivity index (χ1) is 7.17. The third kappa shape index (κ3) is 1.31. The van der Waals surface area contributed by atoms with E-state index in [4.69, 9.17) is 5.73 Å². The minimum absolute atomic E-state index is 0.523. The number of nitrogens with zero attached hydrogens (tertiary/aromatic N) is 2. The minimum Gasteiger partial charge on any atom is -0.385 e. The van der Waals surface area contributed by atoms with Crippen LogP contribution >= 0.6 is 11.3 Å². The smallest absolute Gasteiger partial charge is 0.182 e. The molecule has 0 aliphatic heterocycles. The number of nitrogen functional groups attached to an aromatic ring is 1. The van der Waals surface area contributed by atoms with Gasteiger partial charge in [-0.2, -0.15) is 0 Å². The standard InChI is InChI=1S/C10H11N3OS/c11-9-13-8-7(15-9)4-6(5-12-8)10(14)2-1-3-10/h4-5,14H,1-3H2,(H2,11,12,13). The van der Waals surface area contributed by atoms with Crippen LogP contribution in [0, 0.1) is 0 Å². The molecule has 3 N–H and O–H groups in total. The van der Waals surface area contributed by atoms with Gasteiger partial charge in [0.05, 0.1) is 10.3 Å². The Bertz CT molecular complexity index is 518. The molecule has 0 saturated heterocycles.